The first-order chi connectivity index (χ1) is 9.95. The third-order valence-electron chi connectivity index (χ3n) is 3.18. The summed E-state index contributed by atoms with van der Waals surface area (Å²) in [6, 6.07) is 4.76. The molecule has 2 heterocycles. The average Bonchev–Trinajstić information content (AvgIpc) is 2.98. The lowest BCUT2D eigenvalue weighted by atomic mass is 10.3. The number of sulfonamides is 1. The van der Waals surface area contributed by atoms with Crippen molar-refractivity contribution in [1.82, 2.24) is 4.72 Å². The van der Waals surface area contributed by atoms with Crippen LogP contribution in [0.3, 0.4) is 0 Å². The van der Waals surface area contributed by atoms with Crippen molar-refractivity contribution in [3.05, 3.63) is 40.7 Å². The molecule has 1 aliphatic rings. The molecular formula is C13H13NO5S2. The fourth-order valence-corrected chi connectivity index (χ4v) is 4.42. The van der Waals surface area contributed by atoms with Gasteiger partial charge in [-0.2, -0.15) is 0 Å². The highest BCUT2D eigenvalue weighted by Crippen LogP contribution is 2.43. The van der Waals surface area contributed by atoms with Gasteiger partial charge in [0.15, 0.2) is 0 Å². The third kappa shape index (κ3) is 3.17. The Balaban J connectivity index is 1.68. The fourth-order valence-electron chi connectivity index (χ4n) is 1.89. The molecule has 2 N–H and O–H groups in total. The van der Waals surface area contributed by atoms with E-state index in [0.29, 0.717) is 5.92 Å². The quantitative estimate of drug-likeness (QED) is 0.849. The van der Waals surface area contributed by atoms with Gasteiger partial charge < -0.3 is 9.52 Å². The van der Waals surface area contributed by atoms with Crippen LogP contribution in [0.2, 0.25) is 0 Å². The largest absolute Gasteiger partial charge is 0.478 e. The van der Waals surface area contributed by atoms with Crippen molar-refractivity contribution < 1.29 is 22.7 Å². The molecular weight excluding hydrogens is 314 g/mol. The molecule has 0 unspecified atom stereocenters. The van der Waals surface area contributed by atoms with Crippen molar-refractivity contribution in [3.63, 3.8) is 0 Å². The number of nitrogens with one attached hydrogen (secondary N) is 1. The van der Waals surface area contributed by atoms with Crippen molar-refractivity contribution in [3.8, 4) is 0 Å². The minimum atomic E-state index is -3.59. The maximum atomic E-state index is 12.1. The molecule has 0 bridgehead atoms. The standard InChI is InChI=1S/C13H13NO5S2/c15-13(16)9-5-10(19-7-9)6-14-21(17,18)12-4-3-11(20-12)8-1-2-8/h3-5,7-8,14H,1-2,6H2,(H,15,16). The number of rotatable bonds is 6. The third-order valence-corrected chi connectivity index (χ3v) is 6.32. The van der Waals surface area contributed by atoms with Crippen LogP contribution in [0, 0.1) is 0 Å². The number of thiophene rings is 1. The molecule has 1 saturated carbocycles. The second-order valence-electron chi connectivity index (χ2n) is 4.86. The summed E-state index contributed by atoms with van der Waals surface area (Å²) in [7, 11) is -3.59. The van der Waals surface area contributed by atoms with E-state index in [1.165, 1.54) is 17.4 Å². The summed E-state index contributed by atoms with van der Waals surface area (Å²) >= 11 is 1.28. The number of aromatic carboxylic acids is 1. The van der Waals surface area contributed by atoms with Crippen molar-refractivity contribution in [2.24, 2.45) is 0 Å². The maximum absolute atomic E-state index is 12.1. The van der Waals surface area contributed by atoms with Gasteiger partial charge in [-0.3, -0.25) is 0 Å². The Morgan fingerprint density at radius 2 is 2.19 bits per heavy atom. The Hall–Kier alpha value is -1.64. The molecule has 0 radical (unpaired) electrons. The number of hydrogen-bond donors (Lipinski definition) is 2. The molecule has 8 heteroatoms. The van der Waals surface area contributed by atoms with Crippen LogP contribution >= 0.6 is 11.3 Å². The summed E-state index contributed by atoms with van der Waals surface area (Å²) in [5.74, 6) is -0.336. The van der Waals surface area contributed by atoms with E-state index in [1.54, 1.807) is 6.07 Å². The second kappa shape index (κ2) is 5.28. The van der Waals surface area contributed by atoms with Crippen molar-refractivity contribution in [2.75, 3.05) is 0 Å². The van der Waals surface area contributed by atoms with Gasteiger partial charge >= 0.3 is 5.97 Å². The second-order valence-corrected chi connectivity index (χ2v) is 7.97. The Bertz CT molecular complexity index is 770. The highest BCUT2D eigenvalue weighted by atomic mass is 32.2. The van der Waals surface area contributed by atoms with Crippen LogP contribution in [0.1, 0.15) is 39.8 Å². The van der Waals surface area contributed by atoms with E-state index in [2.05, 4.69) is 4.72 Å². The number of furan rings is 1. The van der Waals surface area contributed by atoms with Gasteiger partial charge in [-0.25, -0.2) is 17.9 Å². The van der Waals surface area contributed by atoms with Crippen molar-refractivity contribution in [1.29, 1.82) is 0 Å². The van der Waals surface area contributed by atoms with E-state index in [1.807, 2.05) is 6.07 Å². The molecule has 1 fully saturated rings. The Kier molecular flexibility index (Phi) is 3.60. The normalized spacial score (nSPS) is 15.2. The SMILES string of the molecule is O=C(O)c1coc(CNS(=O)(=O)c2ccc(C3CC3)s2)c1. The van der Waals surface area contributed by atoms with Crippen LogP contribution in [-0.2, 0) is 16.6 Å². The number of carbonyl (C=O) groups is 1. The molecule has 2 aromatic rings. The minimum Gasteiger partial charge on any atom is -0.478 e. The Morgan fingerprint density at radius 1 is 1.43 bits per heavy atom. The van der Waals surface area contributed by atoms with E-state index in [9.17, 15) is 13.2 Å². The van der Waals surface area contributed by atoms with Gasteiger partial charge in [0, 0.05) is 4.88 Å². The van der Waals surface area contributed by atoms with Gasteiger partial charge in [0.05, 0.1) is 12.1 Å². The molecule has 0 aliphatic heterocycles. The number of carboxylic acid groups (broad SMARTS) is 1. The predicted molar refractivity (Wildman–Crippen MR) is 76.0 cm³/mol. The number of carboxylic acids is 1. The first-order valence-corrected chi connectivity index (χ1v) is 8.66. The first-order valence-electron chi connectivity index (χ1n) is 6.36. The molecule has 0 aromatic carbocycles. The molecule has 0 saturated heterocycles. The van der Waals surface area contributed by atoms with Gasteiger partial charge in [0.25, 0.3) is 0 Å². The van der Waals surface area contributed by atoms with Crippen LogP contribution in [0.5, 0.6) is 0 Å². The molecule has 112 valence electrons. The Morgan fingerprint density at radius 3 is 2.81 bits per heavy atom. The minimum absolute atomic E-state index is 0.00339. The van der Waals surface area contributed by atoms with Gasteiger partial charge in [0.2, 0.25) is 10.0 Å². The zero-order valence-electron chi connectivity index (χ0n) is 10.9. The lowest BCUT2D eigenvalue weighted by molar-refractivity contribution is 0.0696. The van der Waals surface area contributed by atoms with Crippen LogP contribution < -0.4 is 4.72 Å². The summed E-state index contributed by atoms with van der Waals surface area (Å²) in [6.45, 7) is -0.0771. The highest BCUT2D eigenvalue weighted by molar-refractivity contribution is 7.91. The molecule has 6 nitrogen and oxygen atoms in total. The molecule has 1 aliphatic carbocycles. The van der Waals surface area contributed by atoms with E-state index in [-0.39, 0.29) is 22.1 Å². The lowest BCUT2D eigenvalue weighted by Crippen LogP contribution is -2.22. The van der Waals surface area contributed by atoms with E-state index in [4.69, 9.17) is 9.52 Å². The molecule has 0 spiro atoms. The van der Waals surface area contributed by atoms with Gasteiger partial charge in [-0.05, 0) is 37.0 Å². The summed E-state index contributed by atoms with van der Waals surface area (Å²) in [4.78, 5) is 11.8. The van der Waals surface area contributed by atoms with Crippen molar-refractivity contribution in [2.45, 2.75) is 29.5 Å². The van der Waals surface area contributed by atoms with Crippen LogP contribution in [-0.4, -0.2) is 19.5 Å². The smallest absolute Gasteiger partial charge is 0.338 e. The zero-order valence-corrected chi connectivity index (χ0v) is 12.5. The van der Waals surface area contributed by atoms with E-state index in [0.717, 1.165) is 24.0 Å². The summed E-state index contributed by atoms with van der Waals surface area (Å²) in [5.41, 5.74) is -0.00339. The van der Waals surface area contributed by atoms with E-state index >= 15 is 0 Å². The van der Waals surface area contributed by atoms with Gasteiger partial charge in [-0.1, -0.05) is 0 Å². The molecule has 21 heavy (non-hydrogen) atoms. The zero-order chi connectivity index (χ0) is 15.0. The van der Waals surface area contributed by atoms with Gasteiger partial charge in [-0.15, -0.1) is 11.3 Å². The van der Waals surface area contributed by atoms with E-state index < -0.39 is 16.0 Å². The lowest BCUT2D eigenvalue weighted by Gasteiger charge is -2.02. The maximum Gasteiger partial charge on any atom is 0.338 e. The summed E-state index contributed by atoms with van der Waals surface area (Å²) < 4.78 is 32.0. The Labute approximate surface area is 125 Å². The fraction of sp³-hybridized carbons (Fsp3) is 0.308. The molecule has 0 atom stereocenters. The first kappa shape index (κ1) is 14.3. The topological polar surface area (TPSA) is 96.6 Å². The molecule has 2 aromatic heterocycles. The van der Waals surface area contributed by atoms with Crippen LogP contribution in [0.15, 0.2) is 33.1 Å². The molecule has 3 rings (SSSR count). The summed E-state index contributed by atoms with van der Waals surface area (Å²) in [6.07, 6.45) is 3.33. The van der Waals surface area contributed by atoms with Gasteiger partial charge in [0.1, 0.15) is 16.2 Å². The summed E-state index contributed by atoms with van der Waals surface area (Å²) in [5, 5.41) is 8.77. The van der Waals surface area contributed by atoms with Crippen LogP contribution in [0.25, 0.3) is 0 Å². The highest BCUT2D eigenvalue weighted by Gasteiger charge is 2.27. The van der Waals surface area contributed by atoms with Crippen LogP contribution in [0.4, 0.5) is 0 Å². The monoisotopic (exact) mass is 327 g/mol. The molecule has 0 amide bonds. The van der Waals surface area contributed by atoms with Crippen molar-refractivity contribution >= 4 is 27.3 Å². The number of hydrogen-bond acceptors (Lipinski definition) is 5. The average molecular weight is 327 g/mol. The predicted octanol–water partition coefficient (Wildman–Crippen LogP) is 2.40.